The van der Waals surface area contributed by atoms with Crippen molar-refractivity contribution < 1.29 is 24.6 Å². The van der Waals surface area contributed by atoms with Crippen LogP contribution in [0.15, 0.2) is 0 Å². The third-order valence-corrected chi connectivity index (χ3v) is 4.59. The topological polar surface area (TPSA) is 91.7 Å². The minimum atomic E-state index is -1.39. The molecule has 0 heterocycles. The number of hydrogen-bond acceptors (Lipinski definition) is 3. The first-order chi connectivity index (χ1) is 12.0. The van der Waals surface area contributed by atoms with Crippen LogP contribution >= 0.6 is 0 Å². The van der Waals surface area contributed by atoms with Crippen molar-refractivity contribution in [3.63, 3.8) is 0 Å². The van der Waals surface area contributed by atoms with Gasteiger partial charge >= 0.3 is 11.9 Å². The third kappa shape index (κ3) is 14.6. The Morgan fingerprint density at radius 3 is 1.44 bits per heavy atom. The highest BCUT2D eigenvalue weighted by atomic mass is 16.4. The lowest BCUT2D eigenvalue weighted by atomic mass is 9.95. The van der Waals surface area contributed by atoms with E-state index in [-0.39, 0.29) is 6.42 Å². The largest absolute Gasteiger partial charge is 0.481 e. The molecule has 146 valence electrons. The maximum atomic E-state index is 11.8. The highest BCUT2D eigenvalue weighted by Crippen LogP contribution is 2.15. The average Bonchev–Trinajstić information content (AvgIpc) is 2.56. The fourth-order valence-corrected chi connectivity index (χ4v) is 3.00. The first-order valence-corrected chi connectivity index (χ1v) is 9.96. The van der Waals surface area contributed by atoms with E-state index in [9.17, 15) is 14.4 Å². The zero-order valence-electron chi connectivity index (χ0n) is 15.8. The van der Waals surface area contributed by atoms with Gasteiger partial charge in [0.15, 0.2) is 0 Å². The molecule has 0 fully saturated rings. The van der Waals surface area contributed by atoms with E-state index in [0.29, 0.717) is 6.42 Å². The highest BCUT2D eigenvalue weighted by molar-refractivity contribution is 6.00. The fraction of sp³-hybridized carbons (Fsp3) is 0.850. The molecule has 5 heteroatoms. The Labute approximate surface area is 152 Å². The fourth-order valence-electron chi connectivity index (χ4n) is 3.00. The molecule has 0 bridgehead atoms. The van der Waals surface area contributed by atoms with Crippen molar-refractivity contribution in [1.82, 2.24) is 0 Å². The van der Waals surface area contributed by atoms with E-state index >= 15 is 0 Å². The number of carbonyl (C=O) groups is 3. The number of carboxylic acids is 2. The Hall–Kier alpha value is -1.39. The predicted octanol–water partition coefficient (Wildman–Crippen LogP) is 5.21. The maximum Gasteiger partial charge on any atom is 0.314 e. The SMILES string of the molecule is CCCCCCCCCCCCCCCC(=O)C(CC(=O)O)C(=O)O. The van der Waals surface area contributed by atoms with Crippen molar-refractivity contribution in [2.24, 2.45) is 5.92 Å². The summed E-state index contributed by atoms with van der Waals surface area (Å²) < 4.78 is 0. The van der Waals surface area contributed by atoms with Gasteiger partial charge in [-0.3, -0.25) is 14.4 Å². The van der Waals surface area contributed by atoms with Gasteiger partial charge in [-0.25, -0.2) is 0 Å². The first kappa shape index (κ1) is 23.6. The molecule has 0 spiro atoms. The molecule has 0 radical (unpaired) electrons. The van der Waals surface area contributed by atoms with E-state index in [1.165, 1.54) is 57.8 Å². The number of unbranched alkanes of at least 4 members (excludes halogenated alkanes) is 12. The second-order valence-corrected chi connectivity index (χ2v) is 6.95. The summed E-state index contributed by atoms with van der Waals surface area (Å²) in [4.78, 5) is 33.3. The highest BCUT2D eigenvalue weighted by Gasteiger charge is 2.27. The van der Waals surface area contributed by atoms with Crippen molar-refractivity contribution in [1.29, 1.82) is 0 Å². The minimum absolute atomic E-state index is 0.169. The third-order valence-electron chi connectivity index (χ3n) is 4.59. The molecule has 0 saturated heterocycles. The van der Waals surface area contributed by atoms with Gasteiger partial charge in [0.05, 0.1) is 6.42 Å². The van der Waals surface area contributed by atoms with Crippen LogP contribution in [0.5, 0.6) is 0 Å². The van der Waals surface area contributed by atoms with Crippen molar-refractivity contribution in [2.45, 2.75) is 103 Å². The number of aliphatic carboxylic acids is 2. The van der Waals surface area contributed by atoms with Gasteiger partial charge in [0.25, 0.3) is 0 Å². The Morgan fingerprint density at radius 2 is 1.08 bits per heavy atom. The molecule has 5 nitrogen and oxygen atoms in total. The van der Waals surface area contributed by atoms with Crippen LogP contribution in [0.1, 0.15) is 103 Å². The standard InChI is InChI=1S/C20H36O5/c1-2-3-4-5-6-7-8-9-10-11-12-13-14-15-18(21)17(20(24)25)16-19(22)23/h17H,2-16H2,1H3,(H,22,23)(H,24,25). The van der Waals surface area contributed by atoms with Gasteiger partial charge in [-0.05, 0) is 6.42 Å². The number of Topliss-reactive ketones (excluding diaryl/α,β-unsaturated/α-hetero) is 1. The number of carbonyl (C=O) groups excluding carboxylic acids is 1. The predicted molar refractivity (Wildman–Crippen MR) is 98.7 cm³/mol. The lowest BCUT2D eigenvalue weighted by molar-refractivity contribution is -0.152. The molecule has 0 aliphatic carbocycles. The summed E-state index contributed by atoms with van der Waals surface area (Å²) in [5, 5.41) is 17.6. The summed E-state index contributed by atoms with van der Waals surface area (Å²) >= 11 is 0. The van der Waals surface area contributed by atoms with E-state index in [1.807, 2.05) is 0 Å². The quantitative estimate of drug-likeness (QED) is 0.260. The molecule has 25 heavy (non-hydrogen) atoms. The average molecular weight is 357 g/mol. The molecule has 0 amide bonds. The van der Waals surface area contributed by atoms with Crippen molar-refractivity contribution in [3.8, 4) is 0 Å². The smallest absolute Gasteiger partial charge is 0.314 e. The van der Waals surface area contributed by atoms with Crippen LogP contribution in [0.2, 0.25) is 0 Å². The summed E-state index contributed by atoms with van der Waals surface area (Å²) in [6.45, 7) is 2.23. The monoisotopic (exact) mass is 356 g/mol. The summed E-state index contributed by atoms with van der Waals surface area (Å²) in [6, 6.07) is 0. The second kappa shape index (κ2) is 16.1. The van der Waals surface area contributed by atoms with Crippen molar-refractivity contribution in [3.05, 3.63) is 0 Å². The number of ketones is 1. The summed E-state index contributed by atoms with van der Waals surface area (Å²) in [5.74, 6) is -4.43. The number of rotatable bonds is 18. The first-order valence-electron chi connectivity index (χ1n) is 9.96. The van der Waals surface area contributed by atoms with Gasteiger partial charge in [-0.1, -0.05) is 84.0 Å². The van der Waals surface area contributed by atoms with Crippen LogP contribution in [0.3, 0.4) is 0 Å². The lowest BCUT2D eigenvalue weighted by Crippen LogP contribution is -2.26. The van der Waals surface area contributed by atoms with Crippen LogP contribution in [-0.2, 0) is 14.4 Å². The van der Waals surface area contributed by atoms with Crippen molar-refractivity contribution in [2.75, 3.05) is 0 Å². The molecule has 0 aliphatic rings. The van der Waals surface area contributed by atoms with Crippen LogP contribution in [0, 0.1) is 5.92 Å². The Kier molecular flexibility index (Phi) is 15.2. The number of carboxylic acid groups (broad SMARTS) is 2. The van der Waals surface area contributed by atoms with Gasteiger partial charge < -0.3 is 10.2 Å². The molecule has 1 unspecified atom stereocenters. The Bertz CT molecular complexity index is 378. The summed E-state index contributed by atoms with van der Waals surface area (Å²) in [6.07, 6.45) is 15.2. The number of hydrogen-bond donors (Lipinski definition) is 2. The minimum Gasteiger partial charge on any atom is -0.481 e. The summed E-state index contributed by atoms with van der Waals surface area (Å²) in [7, 11) is 0. The van der Waals surface area contributed by atoms with Gasteiger partial charge in [-0.15, -0.1) is 0 Å². The van der Waals surface area contributed by atoms with E-state index < -0.39 is 30.1 Å². The molecule has 0 saturated carbocycles. The van der Waals surface area contributed by atoms with Crippen LogP contribution < -0.4 is 0 Å². The van der Waals surface area contributed by atoms with E-state index in [1.54, 1.807) is 0 Å². The van der Waals surface area contributed by atoms with Gasteiger partial charge in [-0.2, -0.15) is 0 Å². The molecule has 1 atom stereocenters. The van der Waals surface area contributed by atoms with Crippen LogP contribution in [0.4, 0.5) is 0 Å². The summed E-state index contributed by atoms with van der Waals surface area (Å²) in [5.41, 5.74) is 0. The molecule has 0 rings (SSSR count). The van der Waals surface area contributed by atoms with E-state index in [0.717, 1.165) is 19.3 Å². The molecule has 2 N–H and O–H groups in total. The van der Waals surface area contributed by atoms with Crippen molar-refractivity contribution >= 4 is 17.7 Å². The maximum absolute atomic E-state index is 11.8. The van der Waals surface area contributed by atoms with Gasteiger partial charge in [0.1, 0.15) is 11.7 Å². The normalized spacial score (nSPS) is 12.0. The van der Waals surface area contributed by atoms with E-state index in [4.69, 9.17) is 10.2 Å². The van der Waals surface area contributed by atoms with Crippen LogP contribution in [0.25, 0.3) is 0 Å². The van der Waals surface area contributed by atoms with Gasteiger partial charge in [0, 0.05) is 6.42 Å². The molecular weight excluding hydrogens is 320 g/mol. The zero-order valence-corrected chi connectivity index (χ0v) is 15.8. The molecule has 0 aromatic heterocycles. The van der Waals surface area contributed by atoms with Crippen LogP contribution in [-0.4, -0.2) is 27.9 Å². The zero-order chi connectivity index (χ0) is 18.9. The Balaban J connectivity index is 3.49. The second-order valence-electron chi connectivity index (χ2n) is 6.95. The molecular formula is C20H36O5. The lowest BCUT2D eigenvalue weighted by Gasteiger charge is -2.08. The Morgan fingerprint density at radius 1 is 0.680 bits per heavy atom. The van der Waals surface area contributed by atoms with Gasteiger partial charge in [0.2, 0.25) is 0 Å². The molecule has 0 aromatic rings. The molecule has 0 aromatic carbocycles. The van der Waals surface area contributed by atoms with E-state index in [2.05, 4.69) is 6.92 Å². The molecule has 0 aliphatic heterocycles.